The van der Waals surface area contributed by atoms with E-state index < -0.39 is 0 Å². The van der Waals surface area contributed by atoms with Crippen LogP contribution >= 0.6 is 0 Å². The second-order valence-corrected chi connectivity index (χ2v) is 3.72. The largest absolute Gasteiger partial charge is 0.313 e. The van der Waals surface area contributed by atoms with Crippen LogP contribution in [0.2, 0.25) is 0 Å². The van der Waals surface area contributed by atoms with Crippen LogP contribution in [0.1, 0.15) is 39.5 Å². The molecule has 0 bridgehead atoms. The standard InChI is InChI=1S/C12H22N2/c1-3-5-9-13(10-6-4-2)14-11-7-8-12-14/h7-8,11-12H,3-6,9-10H2,1-2H3. The lowest BCUT2D eigenvalue weighted by Crippen LogP contribution is -2.35. The molecule has 2 nitrogen and oxygen atoms in total. The Morgan fingerprint density at radius 3 is 1.86 bits per heavy atom. The molecule has 1 heterocycles. The molecule has 0 fully saturated rings. The fourth-order valence-corrected chi connectivity index (χ4v) is 1.54. The molecule has 0 aromatic carbocycles. The first-order valence-corrected chi connectivity index (χ1v) is 5.76. The fraction of sp³-hybridized carbons (Fsp3) is 0.667. The van der Waals surface area contributed by atoms with Crippen LogP contribution in [0.15, 0.2) is 24.5 Å². The molecule has 1 aromatic rings. The van der Waals surface area contributed by atoms with Gasteiger partial charge in [0, 0.05) is 25.5 Å². The van der Waals surface area contributed by atoms with Crippen LogP contribution in [-0.2, 0) is 0 Å². The summed E-state index contributed by atoms with van der Waals surface area (Å²) in [5.41, 5.74) is 0. The van der Waals surface area contributed by atoms with Gasteiger partial charge in [-0.25, -0.2) is 0 Å². The molecular weight excluding hydrogens is 172 g/mol. The molecule has 14 heavy (non-hydrogen) atoms. The Morgan fingerprint density at radius 2 is 1.43 bits per heavy atom. The van der Waals surface area contributed by atoms with Crippen LogP contribution < -0.4 is 5.01 Å². The van der Waals surface area contributed by atoms with Gasteiger partial charge >= 0.3 is 0 Å². The van der Waals surface area contributed by atoms with Crippen molar-refractivity contribution in [1.29, 1.82) is 0 Å². The molecule has 0 N–H and O–H groups in total. The molecule has 80 valence electrons. The van der Waals surface area contributed by atoms with Crippen molar-refractivity contribution in [1.82, 2.24) is 4.68 Å². The zero-order chi connectivity index (χ0) is 10.2. The van der Waals surface area contributed by atoms with E-state index in [1.54, 1.807) is 0 Å². The van der Waals surface area contributed by atoms with E-state index in [2.05, 4.69) is 48.1 Å². The highest BCUT2D eigenvalue weighted by Gasteiger charge is 2.02. The molecule has 0 radical (unpaired) electrons. The molecular formula is C12H22N2. The highest BCUT2D eigenvalue weighted by molar-refractivity contribution is 4.97. The van der Waals surface area contributed by atoms with E-state index in [-0.39, 0.29) is 0 Å². The second-order valence-electron chi connectivity index (χ2n) is 3.72. The minimum absolute atomic E-state index is 1.17. The van der Waals surface area contributed by atoms with Gasteiger partial charge in [0.25, 0.3) is 0 Å². The normalized spacial score (nSPS) is 10.4. The number of aromatic nitrogens is 1. The summed E-state index contributed by atoms with van der Waals surface area (Å²) in [6.07, 6.45) is 9.36. The molecule has 0 aliphatic heterocycles. The SMILES string of the molecule is CCCCN(CCCC)n1cccc1. The molecule has 0 spiro atoms. The van der Waals surface area contributed by atoms with Crippen molar-refractivity contribution in [3.63, 3.8) is 0 Å². The van der Waals surface area contributed by atoms with E-state index in [9.17, 15) is 0 Å². The number of hydrogen-bond donors (Lipinski definition) is 0. The van der Waals surface area contributed by atoms with Crippen LogP contribution in [0.3, 0.4) is 0 Å². The van der Waals surface area contributed by atoms with E-state index in [0.29, 0.717) is 0 Å². The third kappa shape index (κ3) is 3.44. The third-order valence-electron chi connectivity index (χ3n) is 2.45. The summed E-state index contributed by atoms with van der Waals surface area (Å²) in [5.74, 6) is 0. The Bertz CT molecular complexity index is 208. The van der Waals surface area contributed by atoms with Crippen LogP contribution in [0.25, 0.3) is 0 Å². The summed E-state index contributed by atoms with van der Waals surface area (Å²) < 4.78 is 2.21. The van der Waals surface area contributed by atoms with E-state index in [0.717, 1.165) is 0 Å². The zero-order valence-corrected chi connectivity index (χ0v) is 9.45. The lowest BCUT2D eigenvalue weighted by molar-refractivity contribution is 0.544. The Labute approximate surface area is 87.5 Å². The average Bonchev–Trinajstić information content (AvgIpc) is 2.71. The van der Waals surface area contributed by atoms with E-state index >= 15 is 0 Å². The number of rotatable bonds is 7. The molecule has 1 aromatic heterocycles. The van der Waals surface area contributed by atoms with Crippen LogP contribution in [0.5, 0.6) is 0 Å². The van der Waals surface area contributed by atoms with Gasteiger partial charge in [-0.05, 0) is 25.0 Å². The van der Waals surface area contributed by atoms with Crippen molar-refractivity contribution >= 4 is 0 Å². The maximum atomic E-state index is 2.42. The van der Waals surface area contributed by atoms with Crippen molar-refractivity contribution < 1.29 is 0 Å². The lowest BCUT2D eigenvalue weighted by Gasteiger charge is -2.25. The first-order valence-electron chi connectivity index (χ1n) is 5.76. The van der Waals surface area contributed by atoms with Gasteiger partial charge in [0.05, 0.1) is 0 Å². The van der Waals surface area contributed by atoms with Gasteiger partial charge in [0.15, 0.2) is 0 Å². The number of hydrogen-bond acceptors (Lipinski definition) is 1. The van der Waals surface area contributed by atoms with Gasteiger partial charge in [-0.15, -0.1) is 0 Å². The summed E-state index contributed by atoms with van der Waals surface area (Å²) in [6.45, 7) is 6.83. The van der Waals surface area contributed by atoms with Crippen molar-refractivity contribution in [2.45, 2.75) is 39.5 Å². The van der Waals surface area contributed by atoms with Gasteiger partial charge < -0.3 is 5.01 Å². The third-order valence-corrected chi connectivity index (χ3v) is 2.45. The van der Waals surface area contributed by atoms with Gasteiger partial charge in [-0.3, -0.25) is 4.68 Å². The van der Waals surface area contributed by atoms with E-state index in [1.165, 1.54) is 38.8 Å². The molecule has 0 atom stereocenters. The lowest BCUT2D eigenvalue weighted by atomic mass is 10.3. The molecule has 1 rings (SSSR count). The molecule has 0 unspecified atom stereocenters. The Balaban J connectivity index is 2.44. The predicted molar refractivity (Wildman–Crippen MR) is 62.2 cm³/mol. The second kappa shape index (κ2) is 6.52. The first kappa shape index (κ1) is 11.2. The van der Waals surface area contributed by atoms with Gasteiger partial charge in [0.1, 0.15) is 0 Å². The van der Waals surface area contributed by atoms with E-state index in [1.807, 2.05) is 0 Å². The van der Waals surface area contributed by atoms with Crippen LogP contribution in [0.4, 0.5) is 0 Å². The predicted octanol–water partition coefficient (Wildman–Crippen LogP) is 3.03. The maximum Gasteiger partial charge on any atom is 0.0344 e. The highest BCUT2D eigenvalue weighted by Crippen LogP contribution is 2.00. The van der Waals surface area contributed by atoms with Crippen LogP contribution in [0, 0.1) is 0 Å². The molecule has 0 aliphatic carbocycles. The molecule has 2 heteroatoms. The molecule has 0 aliphatic rings. The van der Waals surface area contributed by atoms with Gasteiger partial charge in [0.2, 0.25) is 0 Å². The van der Waals surface area contributed by atoms with Crippen molar-refractivity contribution in [2.75, 3.05) is 18.1 Å². The topological polar surface area (TPSA) is 8.17 Å². The minimum Gasteiger partial charge on any atom is -0.313 e. The van der Waals surface area contributed by atoms with Gasteiger partial charge in [-0.1, -0.05) is 26.7 Å². The first-order chi connectivity index (χ1) is 6.88. The Morgan fingerprint density at radius 1 is 0.929 bits per heavy atom. The quantitative estimate of drug-likeness (QED) is 0.647. The Hall–Kier alpha value is -0.920. The van der Waals surface area contributed by atoms with Crippen molar-refractivity contribution in [3.8, 4) is 0 Å². The van der Waals surface area contributed by atoms with E-state index in [4.69, 9.17) is 0 Å². The summed E-state index contributed by atoms with van der Waals surface area (Å²) in [4.78, 5) is 0. The summed E-state index contributed by atoms with van der Waals surface area (Å²) in [7, 11) is 0. The monoisotopic (exact) mass is 194 g/mol. The Kier molecular flexibility index (Phi) is 5.20. The molecule has 0 amide bonds. The average molecular weight is 194 g/mol. The van der Waals surface area contributed by atoms with Crippen molar-refractivity contribution in [3.05, 3.63) is 24.5 Å². The summed E-state index contributed by atoms with van der Waals surface area (Å²) >= 11 is 0. The minimum atomic E-state index is 1.17. The summed E-state index contributed by atoms with van der Waals surface area (Å²) in [6, 6.07) is 4.18. The smallest absolute Gasteiger partial charge is 0.0344 e. The zero-order valence-electron chi connectivity index (χ0n) is 9.45. The molecule has 0 saturated carbocycles. The molecule has 0 saturated heterocycles. The highest BCUT2D eigenvalue weighted by atomic mass is 15.5. The van der Waals surface area contributed by atoms with Gasteiger partial charge in [-0.2, -0.15) is 0 Å². The maximum absolute atomic E-state index is 2.42. The fourth-order valence-electron chi connectivity index (χ4n) is 1.54. The number of nitrogens with zero attached hydrogens (tertiary/aromatic N) is 2. The number of unbranched alkanes of at least 4 members (excludes halogenated alkanes) is 2. The summed E-state index contributed by atoms with van der Waals surface area (Å²) in [5, 5.41) is 2.42. The van der Waals surface area contributed by atoms with Crippen LogP contribution in [-0.4, -0.2) is 17.8 Å². The van der Waals surface area contributed by atoms with Crippen molar-refractivity contribution in [2.24, 2.45) is 0 Å².